The van der Waals surface area contributed by atoms with Crippen LogP contribution in [0.5, 0.6) is 0 Å². The Hall–Kier alpha value is -1.43. The number of hydrogen-bond acceptors (Lipinski definition) is 5. The molecule has 4 rings (SSSR count). The van der Waals surface area contributed by atoms with Gasteiger partial charge in [-0.15, -0.1) is 0 Å². The Morgan fingerprint density at radius 3 is 2.46 bits per heavy atom. The van der Waals surface area contributed by atoms with Gasteiger partial charge in [0.1, 0.15) is 6.17 Å². The fraction of sp³-hybridized carbons (Fsp3) is 0.818. The second-order valence-electron chi connectivity index (χ2n) is 9.89. The van der Waals surface area contributed by atoms with E-state index in [1.54, 1.807) is 6.92 Å². The fourth-order valence-electron chi connectivity index (χ4n) is 8.09. The molecule has 4 fully saturated rings. The number of alkyl halides is 1. The zero-order chi connectivity index (χ0) is 20.6. The SMILES string of the molecule is C=C1C2CCC3C4(C)CCC(O)C(C)(C(=O)OC)C4C(C(=O)OC)C3(C2)C1F. The molecular formula is C22H31FO5. The Balaban J connectivity index is 1.97. The molecular weight excluding hydrogens is 363 g/mol. The minimum absolute atomic E-state index is 0.0592. The van der Waals surface area contributed by atoms with Crippen LogP contribution in [-0.4, -0.2) is 43.5 Å². The molecule has 0 saturated heterocycles. The van der Waals surface area contributed by atoms with Gasteiger partial charge in [-0.2, -0.15) is 0 Å². The van der Waals surface area contributed by atoms with Crippen LogP contribution in [-0.2, 0) is 19.1 Å². The summed E-state index contributed by atoms with van der Waals surface area (Å²) in [6.07, 6.45) is 1.07. The monoisotopic (exact) mass is 394 g/mol. The number of ether oxygens (including phenoxy) is 2. The van der Waals surface area contributed by atoms with Crippen LogP contribution in [0, 0.1) is 39.9 Å². The van der Waals surface area contributed by atoms with Crippen LogP contribution in [0.25, 0.3) is 0 Å². The van der Waals surface area contributed by atoms with E-state index in [-0.39, 0.29) is 11.8 Å². The average molecular weight is 394 g/mol. The number of fused-ring (bicyclic) bond motifs is 3. The van der Waals surface area contributed by atoms with Crippen molar-refractivity contribution in [3.05, 3.63) is 12.2 Å². The third-order valence-corrected chi connectivity index (χ3v) is 9.17. The van der Waals surface area contributed by atoms with Crippen LogP contribution in [0.3, 0.4) is 0 Å². The van der Waals surface area contributed by atoms with Crippen molar-refractivity contribution in [1.29, 1.82) is 0 Å². The van der Waals surface area contributed by atoms with Gasteiger partial charge >= 0.3 is 11.9 Å². The lowest BCUT2D eigenvalue weighted by molar-refractivity contribution is -0.185. The molecule has 0 amide bonds. The van der Waals surface area contributed by atoms with Crippen molar-refractivity contribution in [2.75, 3.05) is 14.2 Å². The van der Waals surface area contributed by atoms with Crippen molar-refractivity contribution < 1.29 is 28.6 Å². The Morgan fingerprint density at radius 1 is 1.18 bits per heavy atom. The molecule has 5 nitrogen and oxygen atoms in total. The first-order chi connectivity index (χ1) is 13.1. The number of allylic oxidation sites excluding steroid dienone is 1. The van der Waals surface area contributed by atoms with E-state index in [4.69, 9.17) is 9.47 Å². The molecule has 2 bridgehead atoms. The Bertz CT molecular complexity index is 736. The predicted molar refractivity (Wildman–Crippen MR) is 99.8 cm³/mol. The molecule has 6 heteroatoms. The molecule has 0 aliphatic heterocycles. The summed E-state index contributed by atoms with van der Waals surface area (Å²) in [5, 5.41) is 10.9. The van der Waals surface area contributed by atoms with Gasteiger partial charge in [0.25, 0.3) is 0 Å². The van der Waals surface area contributed by atoms with E-state index >= 15 is 4.39 Å². The molecule has 0 heterocycles. The second kappa shape index (κ2) is 6.04. The number of esters is 2. The van der Waals surface area contributed by atoms with Crippen molar-refractivity contribution in [2.45, 2.75) is 58.2 Å². The number of carbonyl (C=O) groups excluding carboxylic acids is 2. The van der Waals surface area contributed by atoms with Crippen LogP contribution in [0.15, 0.2) is 12.2 Å². The van der Waals surface area contributed by atoms with Crippen molar-refractivity contribution in [1.82, 2.24) is 0 Å². The number of halogens is 1. The van der Waals surface area contributed by atoms with E-state index in [9.17, 15) is 14.7 Å². The number of rotatable bonds is 2. The molecule has 28 heavy (non-hydrogen) atoms. The summed E-state index contributed by atoms with van der Waals surface area (Å²) in [4.78, 5) is 26.1. The molecule has 4 saturated carbocycles. The molecule has 4 aliphatic rings. The first-order valence-electron chi connectivity index (χ1n) is 10.3. The maximum Gasteiger partial charge on any atom is 0.314 e. The molecule has 156 valence electrons. The highest BCUT2D eigenvalue weighted by molar-refractivity contribution is 5.82. The summed E-state index contributed by atoms with van der Waals surface area (Å²) in [7, 11) is 2.61. The predicted octanol–water partition coefficient (Wildman–Crippen LogP) is 3.06. The second-order valence-corrected chi connectivity index (χ2v) is 9.89. The lowest BCUT2D eigenvalue weighted by atomic mass is 9.52. The Kier molecular flexibility index (Phi) is 4.28. The van der Waals surface area contributed by atoms with Crippen LogP contribution in [0.4, 0.5) is 4.39 Å². The van der Waals surface area contributed by atoms with E-state index in [1.165, 1.54) is 14.2 Å². The van der Waals surface area contributed by atoms with Crippen LogP contribution >= 0.6 is 0 Å². The van der Waals surface area contributed by atoms with Gasteiger partial charge < -0.3 is 14.6 Å². The third-order valence-electron chi connectivity index (χ3n) is 9.17. The number of methoxy groups -OCH3 is 2. The third kappa shape index (κ3) is 2.00. The minimum Gasteiger partial charge on any atom is -0.469 e. The van der Waals surface area contributed by atoms with Gasteiger partial charge in [-0.3, -0.25) is 9.59 Å². The maximum absolute atomic E-state index is 15.9. The zero-order valence-corrected chi connectivity index (χ0v) is 17.2. The van der Waals surface area contributed by atoms with E-state index in [0.29, 0.717) is 24.8 Å². The van der Waals surface area contributed by atoms with Crippen molar-refractivity contribution in [3.8, 4) is 0 Å². The first-order valence-corrected chi connectivity index (χ1v) is 10.3. The highest BCUT2D eigenvalue weighted by atomic mass is 19.1. The van der Waals surface area contributed by atoms with Crippen molar-refractivity contribution in [3.63, 3.8) is 0 Å². The maximum atomic E-state index is 15.9. The highest BCUT2D eigenvalue weighted by Crippen LogP contribution is 2.78. The molecule has 9 unspecified atom stereocenters. The normalized spacial score (nSPS) is 52.0. The molecule has 0 aromatic carbocycles. The topological polar surface area (TPSA) is 72.8 Å². The Morgan fingerprint density at radius 2 is 1.86 bits per heavy atom. The molecule has 0 aromatic rings. The van der Waals surface area contributed by atoms with Crippen molar-refractivity contribution in [2.24, 2.45) is 39.9 Å². The van der Waals surface area contributed by atoms with Gasteiger partial charge in [-0.25, -0.2) is 4.39 Å². The summed E-state index contributed by atoms with van der Waals surface area (Å²) in [5.74, 6) is -2.36. The number of aliphatic hydroxyl groups is 1. The average Bonchev–Trinajstić information content (AvgIpc) is 3.05. The largest absolute Gasteiger partial charge is 0.469 e. The highest BCUT2D eigenvalue weighted by Gasteiger charge is 2.79. The summed E-state index contributed by atoms with van der Waals surface area (Å²) < 4.78 is 26.2. The molecule has 1 N–H and O–H groups in total. The zero-order valence-electron chi connectivity index (χ0n) is 17.2. The minimum atomic E-state index is -1.30. The van der Waals surface area contributed by atoms with Gasteiger partial charge in [0, 0.05) is 5.41 Å². The van der Waals surface area contributed by atoms with Gasteiger partial charge in [0.15, 0.2) is 0 Å². The fourth-order valence-corrected chi connectivity index (χ4v) is 8.09. The van der Waals surface area contributed by atoms with Crippen molar-refractivity contribution >= 4 is 11.9 Å². The smallest absolute Gasteiger partial charge is 0.314 e. The number of carbonyl (C=O) groups is 2. The molecule has 0 aromatic heterocycles. The molecule has 1 spiro atoms. The quantitative estimate of drug-likeness (QED) is 0.576. The number of aliphatic hydroxyl groups excluding tert-OH is 1. The van der Waals surface area contributed by atoms with E-state index in [0.717, 1.165) is 12.8 Å². The summed E-state index contributed by atoms with van der Waals surface area (Å²) in [6, 6.07) is 0. The lowest BCUT2D eigenvalue weighted by Gasteiger charge is -2.52. The van der Waals surface area contributed by atoms with Gasteiger partial charge in [-0.1, -0.05) is 13.5 Å². The van der Waals surface area contributed by atoms with Gasteiger partial charge in [-0.05, 0) is 67.8 Å². The lowest BCUT2D eigenvalue weighted by Crippen LogP contribution is -2.57. The van der Waals surface area contributed by atoms with E-state index < -0.39 is 52.3 Å². The first kappa shape index (κ1) is 19.9. The Labute approximate surface area is 165 Å². The van der Waals surface area contributed by atoms with E-state index in [2.05, 4.69) is 13.5 Å². The summed E-state index contributed by atoms with van der Waals surface area (Å²) in [5.41, 5.74) is -2.07. The molecule has 9 atom stereocenters. The van der Waals surface area contributed by atoms with Gasteiger partial charge in [0.05, 0.1) is 31.7 Å². The number of hydrogen-bond donors (Lipinski definition) is 1. The molecule has 0 radical (unpaired) electrons. The summed E-state index contributed by atoms with van der Waals surface area (Å²) >= 11 is 0. The molecule has 4 aliphatic carbocycles. The van der Waals surface area contributed by atoms with Crippen LogP contribution < -0.4 is 0 Å². The van der Waals surface area contributed by atoms with Gasteiger partial charge in [0.2, 0.25) is 0 Å². The van der Waals surface area contributed by atoms with Crippen LogP contribution in [0.1, 0.15) is 46.0 Å². The van der Waals surface area contributed by atoms with E-state index in [1.807, 2.05) is 0 Å². The standard InChI is InChI=1S/C22H31FO5/c1-11-12-6-7-13-20(2)9-8-14(24)21(3,19(26)28-5)16(20)15(18(25)27-4)22(13,10-12)17(11)23/h12-17,24H,1,6-10H2,2-5H3. The summed E-state index contributed by atoms with van der Waals surface area (Å²) in [6.45, 7) is 7.79. The van der Waals surface area contributed by atoms with Crippen LogP contribution in [0.2, 0.25) is 0 Å².